The summed E-state index contributed by atoms with van der Waals surface area (Å²) in [7, 11) is 1.61. The number of aliphatic hydroxyl groups is 1. The van der Waals surface area contributed by atoms with Crippen molar-refractivity contribution in [2.75, 3.05) is 19.0 Å². The third-order valence-electron chi connectivity index (χ3n) is 3.74. The van der Waals surface area contributed by atoms with E-state index in [1.807, 2.05) is 18.2 Å². The van der Waals surface area contributed by atoms with Crippen molar-refractivity contribution in [1.29, 1.82) is 0 Å². The fraction of sp³-hybridized carbons (Fsp3) is 0.118. The van der Waals surface area contributed by atoms with Gasteiger partial charge in [-0.1, -0.05) is 5.92 Å². The first-order valence-electron chi connectivity index (χ1n) is 7.50. The van der Waals surface area contributed by atoms with Crippen molar-refractivity contribution in [3.8, 4) is 17.6 Å². The molecule has 4 N–H and O–H groups in total. The van der Waals surface area contributed by atoms with E-state index in [-0.39, 0.29) is 6.61 Å². The molecule has 124 valence electrons. The van der Waals surface area contributed by atoms with Gasteiger partial charge in [0.2, 0.25) is 0 Å². The van der Waals surface area contributed by atoms with E-state index in [1.165, 1.54) is 6.33 Å². The molecule has 0 fully saturated rings. The van der Waals surface area contributed by atoms with Gasteiger partial charge in [0.25, 0.3) is 0 Å². The monoisotopic (exact) mass is 334 g/mol. The normalized spacial score (nSPS) is 10.6. The molecule has 0 radical (unpaired) electrons. The quantitative estimate of drug-likeness (QED) is 0.426. The molecule has 0 amide bonds. The Morgan fingerprint density at radius 3 is 3.04 bits per heavy atom. The Balaban J connectivity index is 1.79. The van der Waals surface area contributed by atoms with E-state index in [0.29, 0.717) is 22.9 Å². The minimum absolute atomic E-state index is 0.200. The van der Waals surface area contributed by atoms with E-state index in [2.05, 4.69) is 42.3 Å². The second-order valence-corrected chi connectivity index (χ2v) is 5.26. The lowest BCUT2D eigenvalue weighted by atomic mass is 10.2. The van der Waals surface area contributed by atoms with Crippen LogP contribution in [0.5, 0.6) is 5.75 Å². The van der Waals surface area contributed by atoms with Crippen molar-refractivity contribution in [3.05, 3.63) is 36.4 Å². The maximum absolute atomic E-state index is 8.83. The van der Waals surface area contributed by atoms with Crippen molar-refractivity contribution in [1.82, 2.24) is 25.1 Å². The predicted octanol–water partition coefficient (Wildman–Crippen LogP) is 1.93. The van der Waals surface area contributed by atoms with Gasteiger partial charge in [0, 0.05) is 11.5 Å². The highest BCUT2D eigenvalue weighted by atomic mass is 16.5. The number of hydrogen-bond acceptors (Lipinski definition) is 6. The maximum atomic E-state index is 8.83. The number of fused-ring (bicyclic) bond motifs is 2. The number of ether oxygens (including phenoxy) is 1. The predicted molar refractivity (Wildman–Crippen MR) is 93.8 cm³/mol. The van der Waals surface area contributed by atoms with Gasteiger partial charge < -0.3 is 20.1 Å². The summed E-state index contributed by atoms with van der Waals surface area (Å²) in [6.07, 6.45) is 3.21. The van der Waals surface area contributed by atoms with Gasteiger partial charge in [-0.2, -0.15) is 5.10 Å². The lowest BCUT2D eigenvalue weighted by molar-refractivity contribution is 0.350. The molecule has 0 bridgehead atoms. The van der Waals surface area contributed by atoms with Gasteiger partial charge in [0.1, 0.15) is 30.1 Å². The van der Waals surface area contributed by atoms with E-state index in [1.54, 1.807) is 13.3 Å². The summed E-state index contributed by atoms with van der Waals surface area (Å²) >= 11 is 0. The number of nitrogens with zero attached hydrogens (tertiary/aromatic N) is 3. The van der Waals surface area contributed by atoms with E-state index < -0.39 is 0 Å². The molecule has 0 atom stereocenters. The fourth-order valence-electron chi connectivity index (χ4n) is 2.61. The smallest absolute Gasteiger partial charge is 0.144 e. The number of aromatic amines is 2. The molecule has 0 saturated heterocycles. The minimum atomic E-state index is -0.200. The first-order valence-corrected chi connectivity index (χ1v) is 7.50. The Labute approximate surface area is 142 Å². The first-order chi connectivity index (χ1) is 12.3. The summed E-state index contributed by atoms with van der Waals surface area (Å²) in [5, 5.41) is 20.8. The summed E-state index contributed by atoms with van der Waals surface area (Å²) in [5.74, 6) is 6.73. The summed E-state index contributed by atoms with van der Waals surface area (Å²) in [4.78, 5) is 11.6. The topological polar surface area (TPSA) is 112 Å². The van der Waals surface area contributed by atoms with Crippen LogP contribution in [0.3, 0.4) is 0 Å². The lowest BCUT2D eigenvalue weighted by Gasteiger charge is -2.11. The van der Waals surface area contributed by atoms with Crippen LogP contribution in [0.1, 0.15) is 5.69 Å². The molecule has 4 rings (SSSR count). The number of anilines is 2. The number of rotatable bonds is 3. The van der Waals surface area contributed by atoms with Crippen LogP contribution in [0.15, 0.2) is 30.7 Å². The van der Waals surface area contributed by atoms with E-state index in [9.17, 15) is 0 Å². The summed E-state index contributed by atoms with van der Waals surface area (Å²) in [6, 6.07) is 5.65. The molecule has 0 aliphatic rings. The van der Waals surface area contributed by atoms with Crippen LogP contribution in [-0.2, 0) is 0 Å². The largest absolute Gasteiger partial charge is 0.494 e. The third-order valence-corrected chi connectivity index (χ3v) is 3.74. The highest BCUT2D eigenvalue weighted by Gasteiger charge is 2.12. The Hall–Kier alpha value is -3.57. The summed E-state index contributed by atoms with van der Waals surface area (Å²) in [6.45, 7) is -0.200. The van der Waals surface area contributed by atoms with Gasteiger partial charge in [0.15, 0.2) is 0 Å². The number of nitrogens with one attached hydrogen (secondary N) is 3. The second-order valence-electron chi connectivity index (χ2n) is 5.26. The third kappa shape index (κ3) is 2.73. The van der Waals surface area contributed by atoms with E-state index >= 15 is 0 Å². The fourth-order valence-corrected chi connectivity index (χ4v) is 2.61. The average molecular weight is 334 g/mol. The molecule has 3 heterocycles. The van der Waals surface area contributed by atoms with Crippen molar-refractivity contribution >= 4 is 33.4 Å². The Kier molecular flexibility index (Phi) is 3.68. The van der Waals surface area contributed by atoms with Crippen LogP contribution in [-0.4, -0.2) is 44.0 Å². The second kappa shape index (κ2) is 6.14. The van der Waals surface area contributed by atoms with Gasteiger partial charge >= 0.3 is 0 Å². The van der Waals surface area contributed by atoms with E-state index in [4.69, 9.17) is 9.84 Å². The van der Waals surface area contributed by atoms with Crippen LogP contribution in [0.25, 0.3) is 21.9 Å². The zero-order chi connectivity index (χ0) is 17.2. The molecule has 0 saturated carbocycles. The minimum Gasteiger partial charge on any atom is -0.494 e. The molecule has 1 aromatic carbocycles. The summed E-state index contributed by atoms with van der Waals surface area (Å²) < 4.78 is 5.45. The molecular formula is C17H14N6O2. The van der Waals surface area contributed by atoms with Crippen LogP contribution in [0, 0.1) is 11.8 Å². The Morgan fingerprint density at radius 2 is 2.20 bits per heavy atom. The number of aromatic nitrogens is 5. The van der Waals surface area contributed by atoms with Crippen molar-refractivity contribution in [2.45, 2.75) is 0 Å². The van der Waals surface area contributed by atoms with Gasteiger partial charge in [-0.15, -0.1) is 0 Å². The molecular weight excluding hydrogens is 320 g/mol. The molecule has 4 aromatic rings. The van der Waals surface area contributed by atoms with Crippen LogP contribution in [0.4, 0.5) is 11.5 Å². The van der Waals surface area contributed by atoms with Crippen LogP contribution in [0.2, 0.25) is 0 Å². The molecule has 0 unspecified atom stereocenters. The number of hydrogen-bond donors (Lipinski definition) is 4. The molecule has 0 aliphatic carbocycles. The highest BCUT2D eigenvalue weighted by molar-refractivity contribution is 5.93. The van der Waals surface area contributed by atoms with Gasteiger partial charge in [-0.3, -0.25) is 5.10 Å². The van der Waals surface area contributed by atoms with Crippen LogP contribution < -0.4 is 10.1 Å². The number of H-pyrrole nitrogens is 2. The van der Waals surface area contributed by atoms with Gasteiger partial charge in [0.05, 0.1) is 35.6 Å². The maximum Gasteiger partial charge on any atom is 0.144 e. The SMILES string of the molecule is COc1cc2[nH]ncc2cc1Nc1ncnc2[nH]c(C#CCO)cc12. The van der Waals surface area contributed by atoms with E-state index in [0.717, 1.165) is 22.0 Å². The van der Waals surface area contributed by atoms with Crippen molar-refractivity contribution in [3.63, 3.8) is 0 Å². The van der Waals surface area contributed by atoms with Crippen LogP contribution >= 0.6 is 0 Å². The average Bonchev–Trinajstić information content (AvgIpc) is 3.25. The zero-order valence-electron chi connectivity index (χ0n) is 13.3. The summed E-state index contributed by atoms with van der Waals surface area (Å²) in [5.41, 5.74) is 2.96. The lowest BCUT2D eigenvalue weighted by Crippen LogP contribution is -1.98. The molecule has 25 heavy (non-hydrogen) atoms. The van der Waals surface area contributed by atoms with Gasteiger partial charge in [-0.25, -0.2) is 9.97 Å². The Morgan fingerprint density at radius 1 is 1.28 bits per heavy atom. The molecule has 8 nitrogen and oxygen atoms in total. The number of aliphatic hydroxyl groups excluding tert-OH is 1. The molecule has 0 spiro atoms. The van der Waals surface area contributed by atoms with Crippen molar-refractivity contribution < 1.29 is 9.84 Å². The van der Waals surface area contributed by atoms with Gasteiger partial charge in [-0.05, 0) is 18.1 Å². The highest BCUT2D eigenvalue weighted by Crippen LogP contribution is 2.33. The first kappa shape index (κ1) is 15.0. The molecule has 3 aromatic heterocycles. The number of benzene rings is 1. The van der Waals surface area contributed by atoms with Crippen molar-refractivity contribution in [2.24, 2.45) is 0 Å². The Bertz CT molecular complexity index is 1120. The molecule has 8 heteroatoms. The number of methoxy groups -OCH3 is 1. The molecule has 0 aliphatic heterocycles. The zero-order valence-corrected chi connectivity index (χ0v) is 13.3. The standard InChI is InChI=1S/C17H14N6O2/c1-25-15-7-13-10(8-20-23-13)5-14(15)22-17-12-6-11(3-2-4-24)21-16(12)18-9-19-17/h5-9,24H,4H2,1H3,(H,20,23)(H2,18,19,21,22).